The van der Waals surface area contributed by atoms with Crippen LogP contribution in [0.4, 0.5) is 0 Å². The van der Waals surface area contributed by atoms with E-state index in [0.29, 0.717) is 12.0 Å². The highest BCUT2D eigenvalue weighted by atomic mass is 32.1. The van der Waals surface area contributed by atoms with Crippen molar-refractivity contribution in [2.75, 3.05) is 33.9 Å². The zero-order valence-corrected chi connectivity index (χ0v) is 10.8. The molecule has 0 aliphatic carbocycles. The van der Waals surface area contributed by atoms with Crippen LogP contribution in [0.15, 0.2) is 16.8 Å². The molecule has 0 aromatic carbocycles. The molecule has 1 N–H and O–H groups in total. The molecule has 90 valence electrons. The Morgan fingerprint density at radius 3 is 3.12 bits per heavy atom. The smallest absolute Gasteiger partial charge is 0.0623 e. The number of hydrogen-bond acceptors (Lipinski definition) is 4. The molecule has 0 radical (unpaired) electrons. The van der Waals surface area contributed by atoms with Crippen LogP contribution in [0.5, 0.6) is 0 Å². The summed E-state index contributed by atoms with van der Waals surface area (Å²) < 4.78 is 5.51. The fraction of sp³-hybridized carbons (Fsp3) is 0.667. The fourth-order valence-corrected chi connectivity index (χ4v) is 2.92. The lowest BCUT2D eigenvalue weighted by Gasteiger charge is -2.23. The van der Waals surface area contributed by atoms with E-state index in [0.717, 1.165) is 26.3 Å². The van der Waals surface area contributed by atoms with Crippen LogP contribution < -0.4 is 5.32 Å². The molecule has 3 nitrogen and oxygen atoms in total. The average Bonchev–Trinajstić information content (AvgIpc) is 2.88. The normalized spacial score (nSPS) is 25.4. The number of likely N-dealkylation sites (N-methyl/N-ethyl adjacent to an activating group) is 1. The molecule has 0 bridgehead atoms. The molecule has 1 saturated heterocycles. The lowest BCUT2D eigenvalue weighted by molar-refractivity contribution is 0.172. The molecule has 0 saturated carbocycles. The van der Waals surface area contributed by atoms with E-state index in [1.54, 1.807) is 11.3 Å². The summed E-state index contributed by atoms with van der Waals surface area (Å²) in [5.74, 6) is 0.619. The molecule has 1 aromatic rings. The largest absolute Gasteiger partial charge is 0.379 e. The van der Waals surface area contributed by atoms with Crippen molar-refractivity contribution < 1.29 is 4.74 Å². The first-order valence-electron chi connectivity index (χ1n) is 5.74. The van der Waals surface area contributed by atoms with E-state index in [9.17, 15) is 0 Å². The van der Waals surface area contributed by atoms with Gasteiger partial charge in [-0.2, -0.15) is 11.3 Å². The van der Waals surface area contributed by atoms with Crippen molar-refractivity contribution in [1.82, 2.24) is 10.2 Å². The van der Waals surface area contributed by atoms with Crippen molar-refractivity contribution in [3.8, 4) is 0 Å². The second kappa shape index (κ2) is 5.77. The Morgan fingerprint density at radius 2 is 2.44 bits per heavy atom. The molecule has 4 heteroatoms. The van der Waals surface area contributed by atoms with Crippen LogP contribution in [-0.2, 0) is 11.3 Å². The molecule has 0 amide bonds. The zero-order chi connectivity index (χ0) is 11.4. The monoisotopic (exact) mass is 240 g/mol. The Hall–Kier alpha value is -0.420. The van der Waals surface area contributed by atoms with Gasteiger partial charge < -0.3 is 15.0 Å². The fourth-order valence-electron chi connectivity index (χ4n) is 2.26. The summed E-state index contributed by atoms with van der Waals surface area (Å²) in [6.45, 7) is 3.88. The van der Waals surface area contributed by atoms with Crippen LogP contribution in [0.2, 0.25) is 0 Å². The van der Waals surface area contributed by atoms with E-state index in [2.05, 4.69) is 34.1 Å². The summed E-state index contributed by atoms with van der Waals surface area (Å²) in [7, 11) is 4.20. The molecular formula is C12H20N2OS. The van der Waals surface area contributed by atoms with E-state index < -0.39 is 0 Å². The molecule has 0 spiro atoms. The summed E-state index contributed by atoms with van der Waals surface area (Å²) >= 11 is 1.77. The van der Waals surface area contributed by atoms with Crippen LogP contribution in [0.25, 0.3) is 0 Å². The van der Waals surface area contributed by atoms with Gasteiger partial charge in [-0.25, -0.2) is 0 Å². The Labute approximate surface area is 101 Å². The van der Waals surface area contributed by atoms with E-state index in [-0.39, 0.29) is 0 Å². The van der Waals surface area contributed by atoms with Crippen LogP contribution in [0.3, 0.4) is 0 Å². The Morgan fingerprint density at radius 1 is 1.56 bits per heavy atom. The SMILES string of the molecule is CNC1COCC1CN(C)Cc1ccsc1. The highest BCUT2D eigenvalue weighted by Crippen LogP contribution is 2.16. The van der Waals surface area contributed by atoms with Gasteiger partial charge in [-0.15, -0.1) is 0 Å². The van der Waals surface area contributed by atoms with Gasteiger partial charge >= 0.3 is 0 Å². The van der Waals surface area contributed by atoms with Crippen molar-refractivity contribution in [3.63, 3.8) is 0 Å². The maximum atomic E-state index is 5.51. The summed E-state index contributed by atoms with van der Waals surface area (Å²) in [5.41, 5.74) is 1.41. The topological polar surface area (TPSA) is 24.5 Å². The average molecular weight is 240 g/mol. The minimum atomic E-state index is 0.518. The quantitative estimate of drug-likeness (QED) is 0.842. The molecule has 16 heavy (non-hydrogen) atoms. The summed E-state index contributed by atoms with van der Waals surface area (Å²) in [6.07, 6.45) is 0. The van der Waals surface area contributed by atoms with Crippen LogP contribution >= 0.6 is 11.3 Å². The van der Waals surface area contributed by atoms with Gasteiger partial charge in [0.1, 0.15) is 0 Å². The van der Waals surface area contributed by atoms with Crippen molar-refractivity contribution in [2.45, 2.75) is 12.6 Å². The van der Waals surface area contributed by atoms with Gasteiger partial charge in [0, 0.05) is 25.0 Å². The van der Waals surface area contributed by atoms with Crippen LogP contribution in [-0.4, -0.2) is 44.8 Å². The number of ether oxygens (including phenoxy) is 1. The molecular weight excluding hydrogens is 220 g/mol. The Balaban J connectivity index is 1.80. The van der Waals surface area contributed by atoms with E-state index in [1.807, 2.05) is 7.05 Å². The first kappa shape index (κ1) is 12.0. The number of thiophene rings is 1. The highest BCUT2D eigenvalue weighted by Gasteiger charge is 2.27. The molecule has 1 aromatic heterocycles. The number of rotatable bonds is 5. The Bertz CT molecular complexity index is 302. The predicted octanol–water partition coefficient (Wildman–Crippen LogP) is 1.41. The minimum absolute atomic E-state index is 0.518. The molecule has 2 heterocycles. The third kappa shape index (κ3) is 3.04. The van der Waals surface area contributed by atoms with Gasteiger partial charge in [0.05, 0.1) is 13.2 Å². The van der Waals surface area contributed by atoms with Crippen LogP contribution in [0, 0.1) is 5.92 Å². The third-order valence-electron chi connectivity index (χ3n) is 3.15. The molecule has 2 unspecified atom stereocenters. The van der Waals surface area contributed by atoms with E-state index >= 15 is 0 Å². The van der Waals surface area contributed by atoms with Gasteiger partial charge in [0.25, 0.3) is 0 Å². The highest BCUT2D eigenvalue weighted by molar-refractivity contribution is 7.07. The van der Waals surface area contributed by atoms with Gasteiger partial charge in [0.15, 0.2) is 0 Å². The van der Waals surface area contributed by atoms with Crippen molar-refractivity contribution in [2.24, 2.45) is 5.92 Å². The predicted molar refractivity (Wildman–Crippen MR) is 67.8 cm³/mol. The van der Waals surface area contributed by atoms with Gasteiger partial charge in [-0.1, -0.05) is 0 Å². The molecule has 2 atom stereocenters. The van der Waals surface area contributed by atoms with Gasteiger partial charge in [-0.05, 0) is 36.5 Å². The summed E-state index contributed by atoms with van der Waals surface area (Å²) in [4.78, 5) is 2.38. The van der Waals surface area contributed by atoms with Crippen molar-refractivity contribution >= 4 is 11.3 Å². The van der Waals surface area contributed by atoms with Gasteiger partial charge in [0.2, 0.25) is 0 Å². The number of hydrogen-bond donors (Lipinski definition) is 1. The molecule has 1 aliphatic heterocycles. The maximum absolute atomic E-state index is 5.51. The van der Waals surface area contributed by atoms with E-state index in [4.69, 9.17) is 4.74 Å². The number of nitrogens with zero attached hydrogens (tertiary/aromatic N) is 1. The lowest BCUT2D eigenvalue weighted by atomic mass is 10.0. The Kier molecular flexibility index (Phi) is 4.35. The van der Waals surface area contributed by atoms with Gasteiger partial charge in [-0.3, -0.25) is 0 Å². The summed E-state index contributed by atoms with van der Waals surface area (Å²) in [5, 5.41) is 7.69. The van der Waals surface area contributed by atoms with Crippen LogP contribution in [0.1, 0.15) is 5.56 Å². The van der Waals surface area contributed by atoms with Crippen molar-refractivity contribution in [3.05, 3.63) is 22.4 Å². The zero-order valence-electron chi connectivity index (χ0n) is 9.98. The second-order valence-electron chi connectivity index (χ2n) is 4.52. The van der Waals surface area contributed by atoms with E-state index in [1.165, 1.54) is 5.56 Å². The summed E-state index contributed by atoms with van der Waals surface area (Å²) in [6, 6.07) is 2.71. The standard InChI is InChI=1S/C12H20N2OS/c1-13-12-8-15-7-11(12)6-14(2)5-10-3-4-16-9-10/h3-4,9,11-13H,5-8H2,1-2H3. The first-order valence-corrected chi connectivity index (χ1v) is 6.68. The lowest BCUT2D eigenvalue weighted by Crippen LogP contribution is -2.38. The number of nitrogens with one attached hydrogen (secondary N) is 1. The second-order valence-corrected chi connectivity index (χ2v) is 5.30. The molecule has 1 fully saturated rings. The first-order chi connectivity index (χ1) is 7.79. The third-order valence-corrected chi connectivity index (χ3v) is 3.88. The molecule has 2 rings (SSSR count). The minimum Gasteiger partial charge on any atom is -0.379 e. The van der Waals surface area contributed by atoms with Crippen molar-refractivity contribution in [1.29, 1.82) is 0 Å². The maximum Gasteiger partial charge on any atom is 0.0623 e. The molecule has 1 aliphatic rings.